The molecule has 0 aliphatic carbocycles. The first-order chi connectivity index (χ1) is 8.63. The molecule has 0 saturated heterocycles. The van der Waals surface area contributed by atoms with E-state index in [2.05, 4.69) is 0 Å². The minimum absolute atomic E-state index is 0.0979. The largest absolute Gasteiger partial charge is 0.298 e. The van der Waals surface area contributed by atoms with Crippen molar-refractivity contribution in [2.45, 2.75) is 6.92 Å². The molecule has 0 fully saturated rings. The van der Waals surface area contributed by atoms with Crippen LogP contribution >= 0.6 is 0 Å². The monoisotopic (exact) mass is 241 g/mol. The molecule has 0 aliphatic rings. The van der Waals surface area contributed by atoms with Crippen molar-refractivity contribution >= 4 is 12.0 Å². The molecule has 0 N–H and O–H groups in total. The van der Waals surface area contributed by atoms with E-state index < -0.39 is 4.92 Å². The first-order valence-electron chi connectivity index (χ1n) is 5.43. The Labute approximate surface area is 104 Å². The Hall–Kier alpha value is -2.49. The van der Waals surface area contributed by atoms with Crippen LogP contribution < -0.4 is 0 Å². The van der Waals surface area contributed by atoms with Crippen LogP contribution in [0.4, 0.5) is 5.69 Å². The van der Waals surface area contributed by atoms with E-state index in [0.29, 0.717) is 6.29 Å². The van der Waals surface area contributed by atoms with E-state index in [9.17, 15) is 14.9 Å². The van der Waals surface area contributed by atoms with Crippen LogP contribution in [0, 0.1) is 17.0 Å². The van der Waals surface area contributed by atoms with Gasteiger partial charge in [-0.15, -0.1) is 0 Å². The summed E-state index contributed by atoms with van der Waals surface area (Å²) in [5.74, 6) is 0. The number of nitrogens with zero attached hydrogens (tertiary/aromatic N) is 1. The molecule has 0 unspecified atom stereocenters. The van der Waals surface area contributed by atoms with E-state index in [1.807, 2.05) is 31.2 Å². The molecule has 0 aliphatic heterocycles. The van der Waals surface area contributed by atoms with Crippen molar-refractivity contribution in [3.63, 3.8) is 0 Å². The lowest BCUT2D eigenvalue weighted by Crippen LogP contribution is -1.95. The fraction of sp³-hybridized carbons (Fsp3) is 0.0714. The smallest absolute Gasteiger partial charge is 0.279 e. The van der Waals surface area contributed by atoms with Crippen LogP contribution in [0.5, 0.6) is 0 Å². The summed E-state index contributed by atoms with van der Waals surface area (Å²) in [6.07, 6.45) is 0.514. The molecule has 2 aromatic carbocycles. The highest BCUT2D eigenvalue weighted by Crippen LogP contribution is 2.27. The minimum atomic E-state index is -0.550. The minimum Gasteiger partial charge on any atom is -0.298 e. The van der Waals surface area contributed by atoms with Gasteiger partial charge >= 0.3 is 0 Å². The molecule has 2 aromatic rings. The van der Waals surface area contributed by atoms with E-state index in [0.717, 1.165) is 16.7 Å². The van der Waals surface area contributed by atoms with Gasteiger partial charge in [-0.05, 0) is 35.7 Å². The van der Waals surface area contributed by atoms with E-state index in [-0.39, 0.29) is 11.3 Å². The summed E-state index contributed by atoms with van der Waals surface area (Å²) in [7, 11) is 0. The zero-order chi connectivity index (χ0) is 13.1. The van der Waals surface area contributed by atoms with E-state index in [1.54, 1.807) is 12.1 Å². The van der Waals surface area contributed by atoms with Gasteiger partial charge in [0.1, 0.15) is 0 Å². The third kappa shape index (κ3) is 2.13. The maximum Gasteiger partial charge on any atom is 0.279 e. The third-order valence-corrected chi connectivity index (χ3v) is 2.81. The molecule has 18 heavy (non-hydrogen) atoms. The Morgan fingerprint density at radius 1 is 1.17 bits per heavy atom. The summed E-state index contributed by atoms with van der Waals surface area (Å²) in [5, 5.41) is 10.7. The van der Waals surface area contributed by atoms with Gasteiger partial charge in [-0.25, -0.2) is 0 Å². The van der Waals surface area contributed by atoms with Crippen LogP contribution in [0.3, 0.4) is 0 Å². The second-order valence-corrected chi connectivity index (χ2v) is 3.96. The third-order valence-electron chi connectivity index (χ3n) is 2.81. The Kier molecular flexibility index (Phi) is 3.19. The SMILES string of the molecule is Cc1ccccc1-c1ccc([N+](=O)[O-])c(C=O)c1. The maximum absolute atomic E-state index is 10.9. The quantitative estimate of drug-likeness (QED) is 0.470. The van der Waals surface area contributed by atoms with Crippen LogP contribution in [0.1, 0.15) is 15.9 Å². The molecule has 4 nitrogen and oxygen atoms in total. The van der Waals surface area contributed by atoms with Crippen LogP contribution in [0.2, 0.25) is 0 Å². The number of benzene rings is 2. The Morgan fingerprint density at radius 3 is 2.50 bits per heavy atom. The normalized spacial score (nSPS) is 10.1. The number of nitro groups is 1. The van der Waals surface area contributed by atoms with Gasteiger partial charge in [-0.2, -0.15) is 0 Å². The molecule has 4 heteroatoms. The predicted octanol–water partition coefficient (Wildman–Crippen LogP) is 3.38. The molecule has 2 rings (SSSR count). The molecule has 0 aromatic heterocycles. The summed E-state index contributed by atoms with van der Waals surface area (Å²) in [4.78, 5) is 21.1. The Bertz CT molecular complexity index is 620. The first-order valence-corrected chi connectivity index (χ1v) is 5.43. The highest BCUT2D eigenvalue weighted by atomic mass is 16.6. The zero-order valence-corrected chi connectivity index (χ0v) is 9.79. The lowest BCUT2D eigenvalue weighted by atomic mass is 9.98. The fourth-order valence-electron chi connectivity index (χ4n) is 1.88. The Balaban J connectivity index is 2.58. The summed E-state index contributed by atoms with van der Waals surface area (Å²) in [5.41, 5.74) is 2.77. The second-order valence-electron chi connectivity index (χ2n) is 3.96. The topological polar surface area (TPSA) is 60.2 Å². The van der Waals surface area contributed by atoms with Gasteiger partial charge in [0.2, 0.25) is 0 Å². The highest BCUT2D eigenvalue weighted by molar-refractivity contribution is 5.85. The molecular formula is C14H11NO3. The standard InChI is InChI=1S/C14H11NO3/c1-10-4-2-3-5-13(10)11-6-7-14(15(17)18)12(8-11)9-16/h2-9H,1H3. The van der Waals surface area contributed by atoms with Crippen molar-refractivity contribution in [2.24, 2.45) is 0 Å². The van der Waals surface area contributed by atoms with Crippen molar-refractivity contribution in [3.8, 4) is 11.1 Å². The molecule has 0 saturated carbocycles. The van der Waals surface area contributed by atoms with Crippen LogP contribution in [0.25, 0.3) is 11.1 Å². The molecule has 0 radical (unpaired) electrons. The lowest BCUT2D eigenvalue weighted by molar-refractivity contribution is -0.385. The average molecular weight is 241 g/mol. The van der Waals surface area contributed by atoms with Crippen molar-refractivity contribution in [1.82, 2.24) is 0 Å². The van der Waals surface area contributed by atoms with E-state index in [4.69, 9.17) is 0 Å². The molecule has 0 bridgehead atoms. The number of aryl methyl sites for hydroxylation is 1. The van der Waals surface area contributed by atoms with Crippen molar-refractivity contribution in [3.05, 3.63) is 63.7 Å². The fourth-order valence-corrected chi connectivity index (χ4v) is 1.88. The molecule has 90 valence electrons. The van der Waals surface area contributed by atoms with Gasteiger partial charge in [0.05, 0.1) is 10.5 Å². The number of hydrogen-bond donors (Lipinski definition) is 0. The number of aldehydes is 1. The predicted molar refractivity (Wildman–Crippen MR) is 68.7 cm³/mol. The molecule has 0 spiro atoms. The molecule has 0 heterocycles. The average Bonchev–Trinajstić information content (AvgIpc) is 2.38. The first kappa shape index (κ1) is 12.0. The number of carbonyl (C=O) groups is 1. The second kappa shape index (κ2) is 4.79. The van der Waals surface area contributed by atoms with E-state index >= 15 is 0 Å². The van der Waals surface area contributed by atoms with Gasteiger partial charge < -0.3 is 0 Å². The van der Waals surface area contributed by atoms with Gasteiger partial charge in [0.25, 0.3) is 5.69 Å². The van der Waals surface area contributed by atoms with Crippen molar-refractivity contribution in [2.75, 3.05) is 0 Å². The Morgan fingerprint density at radius 2 is 1.89 bits per heavy atom. The summed E-state index contributed by atoms with van der Waals surface area (Å²) >= 11 is 0. The number of nitro benzene ring substituents is 1. The summed E-state index contributed by atoms with van der Waals surface area (Å²) in [6.45, 7) is 1.96. The van der Waals surface area contributed by atoms with Crippen LogP contribution in [-0.2, 0) is 0 Å². The van der Waals surface area contributed by atoms with Gasteiger partial charge in [-0.1, -0.05) is 24.3 Å². The number of hydrogen-bond acceptors (Lipinski definition) is 3. The van der Waals surface area contributed by atoms with Crippen LogP contribution in [0.15, 0.2) is 42.5 Å². The van der Waals surface area contributed by atoms with Crippen molar-refractivity contribution < 1.29 is 9.72 Å². The maximum atomic E-state index is 10.9. The number of carbonyl (C=O) groups excluding carboxylic acids is 1. The summed E-state index contributed by atoms with van der Waals surface area (Å²) in [6, 6.07) is 12.3. The summed E-state index contributed by atoms with van der Waals surface area (Å²) < 4.78 is 0. The lowest BCUT2D eigenvalue weighted by Gasteiger charge is -2.06. The highest BCUT2D eigenvalue weighted by Gasteiger charge is 2.14. The molecule has 0 atom stereocenters. The van der Waals surface area contributed by atoms with Crippen molar-refractivity contribution in [1.29, 1.82) is 0 Å². The molecule has 0 amide bonds. The van der Waals surface area contributed by atoms with E-state index in [1.165, 1.54) is 6.07 Å². The number of rotatable bonds is 3. The van der Waals surface area contributed by atoms with Gasteiger partial charge in [0, 0.05) is 6.07 Å². The van der Waals surface area contributed by atoms with Crippen LogP contribution in [-0.4, -0.2) is 11.2 Å². The zero-order valence-electron chi connectivity index (χ0n) is 9.79. The van der Waals surface area contributed by atoms with Gasteiger partial charge in [-0.3, -0.25) is 14.9 Å². The molecular weight excluding hydrogens is 230 g/mol. The van der Waals surface area contributed by atoms with Gasteiger partial charge in [0.15, 0.2) is 6.29 Å².